The van der Waals surface area contributed by atoms with Crippen LogP contribution in [0.5, 0.6) is 0 Å². The number of nitrogens with one attached hydrogen (secondary N) is 7. The Hall–Kier alpha value is -7.06. The van der Waals surface area contributed by atoms with E-state index < -0.39 is 94.3 Å². The predicted molar refractivity (Wildman–Crippen MR) is 278 cm³/mol. The fourth-order valence-corrected chi connectivity index (χ4v) is 10.4. The lowest BCUT2D eigenvalue weighted by molar-refractivity contribution is -0.135. The van der Waals surface area contributed by atoms with E-state index in [1.807, 2.05) is 24.3 Å². The number of hydrogen-bond donors (Lipinski definition) is 14. The molecule has 0 bridgehead atoms. The van der Waals surface area contributed by atoms with Gasteiger partial charge in [0.1, 0.15) is 36.3 Å². The molecule has 0 aliphatic carbocycles. The van der Waals surface area contributed by atoms with Gasteiger partial charge in [0.05, 0.1) is 6.04 Å². The first kappa shape index (κ1) is 57.5. The molecule has 392 valence electrons. The summed E-state index contributed by atoms with van der Waals surface area (Å²) in [6, 6.07) is 6.65. The molecule has 72 heavy (non-hydrogen) atoms. The minimum atomic E-state index is -1.48. The summed E-state index contributed by atoms with van der Waals surface area (Å²) in [6.45, 7) is 3.60. The molecule has 21 N–H and O–H groups in total. The molecule has 3 aromatic rings. The maximum atomic E-state index is 14.6. The van der Waals surface area contributed by atoms with Crippen LogP contribution < -0.4 is 72.0 Å². The topological polar surface area (TPSA) is 431 Å². The number of benzene rings is 2. The fraction of sp³-hybridized carbons (Fsp3) is 0.478. The molecule has 1 saturated heterocycles. The van der Waals surface area contributed by atoms with Crippen molar-refractivity contribution in [3.63, 3.8) is 0 Å². The number of carbonyl (C=O) groups excluding carboxylic acids is 8. The average molecular weight is 1040 g/mol. The Morgan fingerprint density at radius 2 is 1.26 bits per heavy atom. The number of guanidine groups is 2. The van der Waals surface area contributed by atoms with Crippen molar-refractivity contribution < 1.29 is 38.4 Å². The number of nitrogens with zero attached hydrogens (tertiary/aromatic N) is 2. The first-order valence-electron chi connectivity index (χ1n) is 23.3. The Bertz CT molecular complexity index is 2430. The van der Waals surface area contributed by atoms with Crippen LogP contribution in [-0.2, 0) is 51.2 Å². The molecule has 0 saturated carbocycles. The quantitative estimate of drug-likeness (QED) is 0.0274. The van der Waals surface area contributed by atoms with E-state index in [1.54, 1.807) is 50.4 Å². The molecular formula is C46H68N16O8S2. The van der Waals surface area contributed by atoms with Crippen LogP contribution in [0.15, 0.2) is 70.8 Å². The molecular weight excluding hydrogens is 969 g/mol. The monoisotopic (exact) mass is 1040 g/mol. The second-order valence-corrected chi connectivity index (χ2v) is 20.8. The van der Waals surface area contributed by atoms with Gasteiger partial charge >= 0.3 is 0 Å². The van der Waals surface area contributed by atoms with Crippen LogP contribution in [0.3, 0.4) is 0 Å². The number of aromatic nitrogens is 1. The number of H-pyrrole nitrogens is 1. The van der Waals surface area contributed by atoms with E-state index in [0.29, 0.717) is 17.5 Å². The Morgan fingerprint density at radius 1 is 0.708 bits per heavy atom. The normalized spacial score (nSPS) is 22.0. The molecule has 0 spiro atoms. The van der Waals surface area contributed by atoms with E-state index in [9.17, 15) is 38.4 Å². The number of hydrogen-bond acceptors (Lipinski definition) is 13. The van der Waals surface area contributed by atoms with Gasteiger partial charge in [0, 0.05) is 60.0 Å². The van der Waals surface area contributed by atoms with Gasteiger partial charge in [-0.2, -0.15) is 0 Å². The zero-order valence-corrected chi connectivity index (χ0v) is 42.0. The van der Waals surface area contributed by atoms with Gasteiger partial charge in [0.25, 0.3) is 0 Å². The first-order chi connectivity index (χ1) is 34.1. The average Bonchev–Trinajstić information content (AvgIpc) is 3.73. The minimum absolute atomic E-state index is 0.0495. The van der Waals surface area contributed by atoms with Crippen molar-refractivity contribution in [1.82, 2.24) is 36.9 Å². The fourth-order valence-electron chi connectivity index (χ4n) is 7.64. The third-order valence-corrected chi connectivity index (χ3v) is 14.8. The predicted octanol–water partition coefficient (Wildman–Crippen LogP) is -2.39. The lowest BCUT2D eigenvalue weighted by atomic mass is 9.99. The van der Waals surface area contributed by atoms with Crippen LogP contribution in [0.4, 0.5) is 0 Å². The van der Waals surface area contributed by atoms with Crippen LogP contribution in [0.2, 0.25) is 0 Å². The second kappa shape index (κ2) is 28.1. The van der Waals surface area contributed by atoms with Crippen molar-refractivity contribution in [1.29, 1.82) is 0 Å². The molecule has 1 aliphatic rings. The minimum Gasteiger partial charge on any atom is -0.370 e. The van der Waals surface area contributed by atoms with Crippen LogP contribution in [-0.4, -0.2) is 130 Å². The number of nitrogens with two attached hydrogens (primary N) is 7. The third-order valence-electron chi connectivity index (χ3n) is 11.5. The summed E-state index contributed by atoms with van der Waals surface area (Å²) < 4.78 is -1.13. The first-order valence-corrected chi connectivity index (χ1v) is 25.6. The lowest BCUT2D eigenvalue weighted by Gasteiger charge is -2.33. The number of amides is 8. The summed E-state index contributed by atoms with van der Waals surface area (Å²) in [7, 11) is 2.37. The molecule has 26 heteroatoms. The highest BCUT2D eigenvalue weighted by Gasteiger charge is 2.39. The Labute approximate surface area is 424 Å². The van der Waals surface area contributed by atoms with Crippen LogP contribution in [0.1, 0.15) is 69.9 Å². The highest BCUT2D eigenvalue weighted by molar-refractivity contribution is 8.77. The molecule has 2 aromatic carbocycles. The zero-order valence-electron chi connectivity index (χ0n) is 40.3. The largest absolute Gasteiger partial charge is 0.370 e. The third kappa shape index (κ3) is 18.6. The molecule has 1 aromatic heterocycles. The number of aliphatic imine (C=N–C) groups is 2. The molecule has 24 nitrogen and oxygen atoms in total. The summed E-state index contributed by atoms with van der Waals surface area (Å²) in [5, 5.41) is 17.1. The summed E-state index contributed by atoms with van der Waals surface area (Å²) in [4.78, 5) is 122. The van der Waals surface area contributed by atoms with Gasteiger partial charge < -0.3 is 77.0 Å². The van der Waals surface area contributed by atoms with Crippen LogP contribution in [0, 0.1) is 0 Å². The smallest absolute Gasteiger partial charge is 0.243 e. The Balaban J connectivity index is 1.81. The van der Waals surface area contributed by atoms with Crippen LogP contribution >= 0.6 is 21.6 Å². The maximum absolute atomic E-state index is 14.6. The summed E-state index contributed by atoms with van der Waals surface area (Å²) >= 11 is 0. The second-order valence-electron chi connectivity index (χ2n) is 17.7. The van der Waals surface area contributed by atoms with Crippen LogP contribution in [0.25, 0.3) is 10.9 Å². The van der Waals surface area contributed by atoms with Crippen molar-refractivity contribution in [3.05, 3.63) is 71.9 Å². The van der Waals surface area contributed by atoms with Gasteiger partial charge in [-0.1, -0.05) is 70.1 Å². The molecule has 8 amide bonds. The standard InChI is InChI=1S/C46H68N16O8S2/c1-46(2)36(37(49)64)62-43(70)34(23-26-24-56-29-14-7-6-12-27(26)29)61-39(66)30(15-9-20-55-45(52)53)58-42(69)33(22-25-10-4-3-5-11-25)60-40(67)31(16-17-35(48)63)59-41(68)32(18-21-71-72-46)57-38(65)28(47)13-8-19-54-44(50)51/h3-7,10-12,14,24,28,30-34,36,56H,8-9,13,15-23,47H2,1-2H3,(H2,48,63)(H2,49,64)(H,57,65)(H,58,69)(H,59,68)(H,60,67)(H,61,66)(H,62,70)(H4,50,51,54)(H4,52,53,55)/t28-,30+,31+,32+,33-,34+,36-/m1/s1. The molecule has 7 atom stereocenters. The molecule has 0 unspecified atom stereocenters. The van der Waals surface area contributed by atoms with Crippen molar-refractivity contribution >= 4 is 91.7 Å². The molecule has 1 fully saturated rings. The van der Waals surface area contributed by atoms with Gasteiger partial charge in [-0.15, -0.1) is 0 Å². The van der Waals surface area contributed by atoms with Gasteiger partial charge in [-0.05, 0) is 69.6 Å². The number of primary amides is 2. The van der Waals surface area contributed by atoms with Crippen molar-refractivity contribution in [2.24, 2.45) is 50.1 Å². The molecule has 0 radical (unpaired) electrons. The van der Waals surface area contributed by atoms with Gasteiger partial charge in [-0.3, -0.25) is 48.3 Å². The Kier molecular flexibility index (Phi) is 22.4. The van der Waals surface area contributed by atoms with E-state index in [2.05, 4.69) is 46.9 Å². The van der Waals surface area contributed by atoms with Crippen molar-refractivity contribution in [2.45, 2.75) is 119 Å². The lowest BCUT2D eigenvalue weighted by Crippen LogP contribution is -2.61. The summed E-state index contributed by atoms with van der Waals surface area (Å²) in [5.74, 6) is -6.67. The molecule has 4 rings (SSSR count). The maximum Gasteiger partial charge on any atom is 0.243 e. The van der Waals surface area contributed by atoms with E-state index >= 15 is 0 Å². The number of para-hydroxylation sites is 1. The van der Waals surface area contributed by atoms with E-state index in [-0.39, 0.29) is 82.1 Å². The van der Waals surface area contributed by atoms with Gasteiger partial charge in [-0.25, -0.2) is 0 Å². The van der Waals surface area contributed by atoms with Gasteiger partial charge in [0.2, 0.25) is 47.3 Å². The molecule has 1 aliphatic heterocycles. The Morgan fingerprint density at radius 3 is 1.90 bits per heavy atom. The number of carbonyl (C=O) groups is 8. The van der Waals surface area contributed by atoms with E-state index in [0.717, 1.165) is 21.7 Å². The number of fused-ring (bicyclic) bond motifs is 1. The number of rotatable bonds is 18. The number of aromatic amines is 1. The SMILES string of the molecule is CC1(C)SSCC[C@H](NC(=O)[C@H](N)CCCN=C(N)N)C(=O)N[C@@H](CCC(N)=O)C(=O)N[C@H](Cc2ccccc2)C(=O)N[C@@H](CCCN=C(N)N)C(=O)N[C@@H](Cc2c[nH]c3ccccc23)C(=O)N[C@@H]1C(N)=O. The van der Waals surface area contributed by atoms with Crippen molar-refractivity contribution in [3.8, 4) is 0 Å². The van der Waals surface area contributed by atoms with E-state index in [1.165, 1.54) is 10.8 Å². The zero-order chi connectivity index (χ0) is 53.0. The van der Waals surface area contributed by atoms with Crippen molar-refractivity contribution in [2.75, 3.05) is 18.8 Å². The van der Waals surface area contributed by atoms with E-state index in [4.69, 9.17) is 40.1 Å². The highest BCUT2D eigenvalue weighted by Crippen LogP contribution is 2.39. The molecule has 2 heterocycles. The van der Waals surface area contributed by atoms with Gasteiger partial charge in [0.15, 0.2) is 11.9 Å². The summed E-state index contributed by atoms with van der Waals surface area (Å²) in [5.41, 5.74) is 41.6. The summed E-state index contributed by atoms with van der Waals surface area (Å²) in [6.07, 6.45) is 1.39. The highest BCUT2D eigenvalue weighted by atomic mass is 33.1.